The summed E-state index contributed by atoms with van der Waals surface area (Å²) in [5.41, 5.74) is 0. The molecule has 0 aromatic heterocycles. The molecule has 0 aliphatic carbocycles. The monoisotopic (exact) mass is 891 g/mol. The lowest BCUT2D eigenvalue weighted by molar-refractivity contribution is -0.167. The molecular formula is C57H110O6. The Balaban J connectivity index is 4.26. The zero-order valence-electron chi connectivity index (χ0n) is 43.0. The van der Waals surface area contributed by atoms with E-state index in [0.29, 0.717) is 19.3 Å². The Morgan fingerprint density at radius 3 is 0.778 bits per heavy atom. The minimum absolute atomic E-state index is 0.0619. The average molecular weight is 892 g/mol. The van der Waals surface area contributed by atoms with Crippen LogP contribution in [0.2, 0.25) is 0 Å². The van der Waals surface area contributed by atoms with Gasteiger partial charge in [-0.1, -0.05) is 285 Å². The summed E-state index contributed by atoms with van der Waals surface area (Å²) in [5, 5.41) is 0. The third-order valence-corrected chi connectivity index (χ3v) is 13.0. The zero-order valence-corrected chi connectivity index (χ0v) is 43.0. The number of hydrogen-bond donors (Lipinski definition) is 0. The molecule has 0 aromatic rings. The van der Waals surface area contributed by atoms with Crippen molar-refractivity contribution >= 4 is 17.9 Å². The minimum atomic E-state index is -0.761. The van der Waals surface area contributed by atoms with Crippen molar-refractivity contribution < 1.29 is 28.6 Å². The highest BCUT2D eigenvalue weighted by Gasteiger charge is 2.19. The van der Waals surface area contributed by atoms with E-state index in [1.54, 1.807) is 0 Å². The number of esters is 3. The fraction of sp³-hybridized carbons (Fsp3) is 0.947. The van der Waals surface area contributed by atoms with E-state index >= 15 is 0 Å². The molecule has 63 heavy (non-hydrogen) atoms. The van der Waals surface area contributed by atoms with E-state index in [2.05, 4.69) is 27.7 Å². The molecule has 0 rings (SSSR count). The molecule has 0 saturated carbocycles. The summed E-state index contributed by atoms with van der Waals surface area (Å²) in [7, 11) is 0. The quantitative estimate of drug-likeness (QED) is 0.0344. The van der Waals surface area contributed by atoms with Crippen LogP contribution in [0.4, 0.5) is 0 Å². The van der Waals surface area contributed by atoms with Gasteiger partial charge < -0.3 is 14.2 Å². The van der Waals surface area contributed by atoms with Crippen LogP contribution in [0.15, 0.2) is 0 Å². The first-order valence-corrected chi connectivity index (χ1v) is 28.4. The standard InChI is InChI=1S/C57H110O6/c1-5-7-9-11-13-15-17-19-21-25-29-32-36-40-44-48-55(58)61-51-54(63-57(60)50-46-42-38-34-28-18-16-14-12-10-8-6-2)52-62-56(59)49-45-41-37-33-30-26-23-20-22-24-27-31-35-39-43-47-53(3)4/h53-54H,5-52H2,1-4H3/t54-/m1/s1. The van der Waals surface area contributed by atoms with Gasteiger partial charge >= 0.3 is 17.9 Å². The smallest absolute Gasteiger partial charge is 0.306 e. The molecule has 0 aliphatic rings. The lowest BCUT2D eigenvalue weighted by Gasteiger charge is -2.18. The molecule has 0 radical (unpaired) electrons. The van der Waals surface area contributed by atoms with E-state index in [9.17, 15) is 14.4 Å². The summed E-state index contributed by atoms with van der Waals surface area (Å²) in [4.78, 5) is 38.1. The fourth-order valence-electron chi connectivity index (χ4n) is 8.75. The average Bonchev–Trinajstić information content (AvgIpc) is 3.27. The van der Waals surface area contributed by atoms with Crippen LogP contribution in [0.5, 0.6) is 0 Å². The van der Waals surface area contributed by atoms with E-state index in [-0.39, 0.29) is 31.1 Å². The van der Waals surface area contributed by atoms with E-state index in [0.717, 1.165) is 63.7 Å². The first-order chi connectivity index (χ1) is 30.9. The van der Waals surface area contributed by atoms with Crippen molar-refractivity contribution in [3.05, 3.63) is 0 Å². The maximum absolute atomic E-state index is 12.8. The predicted molar refractivity (Wildman–Crippen MR) is 270 cm³/mol. The van der Waals surface area contributed by atoms with Crippen LogP contribution in [0, 0.1) is 5.92 Å². The first-order valence-electron chi connectivity index (χ1n) is 28.4. The van der Waals surface area contributed by atoms with E-state index in [1.165, 1.54) is 218 Å². The molecule has 0 amide bonds. The molecule has 0 bridgehead atoms. The molecule has 6 nitrogen and oxygen atoms in total. The highest BCUT2D eigenvalue weighted by Crippen LogP contribution is 2.18. The second-order valence-corrected chi connectivity index (χ2v) is 20.1. The van der Waals surface area contributed by atoms with Gasteiger partial charge in [-0.3, -0.25) is 14.4 Å². The SMILES string of the molecule is CCCCCCCCCCCCCCCCCC(=O)OC[C@H](COC(=O)CCCCCCCCCCCCCCCCCC(C)C)OC(=O)CCCCCCCCCCCCCC. The van der Waals surface area contributed by atoms with Crippen LogP contribution in [0.1, 0.15) is 323 Å². The maximum Gasteiger partial charge on any atom is 0.306 e. The summed E-state index contributed by atoms with van der Waals surface area (Å²) in [5.74, 6) is 0.0125. The Kier molecular flexibility index (Phi) is 50.1. The summed E-state index contributed by atoms with van der Waals surface area (Å²) < 4.78 is 16.9. The minimum Gasteiger partial charge on any atom is -0.462 e. The molecule has 0 spiro atoms. The summed E-state index contributed by atoms with van der Waals surface area (Å²) >= 11 is 0. The van der Waals surface area contributed by atoms with E-state index in [1.807, 2.05) is 0 Å². The van der Waals surface area contributed by atoms with Gasteiger partial charge in [0.25, 0.3) is 0 Å². The lowest BCUT2D eigenvalue weighted by atomic mass is 10.0. The zero-order chi connectivity index (χ0) is 45.9. The molecule has 0 N–H and O–H groups in total. The fourth-order valence-corrected chi connectivity index (χ4v) is 8.75. The molecular weight excluding hydrogens is 781 g/mol. The number of carbonyl (C=O) groups excluding carboxylic acids is 3. The van der Waals surface area contributed by atoms with Crippen molar-refractivity contribution in [1.29, 1.82) is 0 Å². The van der Waals surface area contributed by atoms with Crippen LogP contribution in [-0.4, -0.2) is 37.2 Å². The highest BCUT2D eigenvalue weighted by atomic mass is 16.6. The van der Waals surface area contributed by atoms with E-state index < -0.39 is 6.10 Å². The summed E-state index contributed by atoms with van der Waals surface area (Å²) in [6.07, 6.45) is 55.2. The number of hydrogen-bond acceptors (Lipinski definition) is 6. The van der Waals surface area contributed by atoms with Crippen molar-refractivity contribution in [2.24, 2.45) is 5.92 Å². The van der Waals surface area contributed by atoms with Crippen LogP contribution in [0.3, 0.4) is 0 Å². The Morgan fingerprint density at radius 1 is 0.302 bits per heavy atom. The third kappa shape index (κ3) is 51.3. The van der Waals surface area contributed by atoms with Crippen LogP contribution >= 0.6 is 0 Å². The molecule has 374 valence electrons. The van der Waals surface area contributed by atoms with Crippen molar-refractivity contribution in [1.82, 2.24) is 0 Å². The molecule has 0 fully saturated rings. The van der Waals surface area contributed by atoms with E-state index in [4.69, 9.17) is 14.2 Å². The van der Waals surface area contributed by atoms with Crippen LogP contribution < -0.4 is 0 Å². The second-order valence-electron chi connectivity index (χ2n) is 20.1. The van der Waals surface area contributed by atoms with Gasteiger partial charge in [-0.2, -0.15) is 0 Å². The van der Waals surface area contributed by atoms with Gasteiger partial charge in [0.15, 0.2) is 6.10 Å². The van der Waals surface area contributed by atoms with Gasteiger partial charge in [-0.05, 0) is 25.2 Å². The molecule has 0 unspecified atom stereocenters. The molecule has 0 saturated heterocycles. The Bertz CT molecular complexity index is 949. The maximum atomic E-state index is 12.8. The Labute approximate surface area is 393 Å². The molecule has 1 atom stereocenters. The normalized spacial score (nSPS) is 12.0. The summed E-state index contributed by atoms with van der Waals surface area (Å²) in [6.45, 7) is 9.06. The van der Waals surface area contributed by atoms with Gasteiger partial charge in [-0.25, -0.2) is 0 Å². The topological polar surface area (TPSA) is 78.9 Å². The van der Waals surface area contributed by atoms with Gasteiger partial charge in [0, 0.05) is 19.3 Å². The predicted octanol–water partition coefficient (Wildman–Crippen LogP) is 18.6. The number of rotatable bonds is 52. The van der Waals surface area contributed by atoms with Gasteiger partial charge in [0.2, 0.25) is 0 Å². The van der Waals surface area contributed by atoms with Gasteiger partial charge in [0.05, 0.1) is 0 Å². The highest BCUT2D eigenvalue weighted by molar-refractivity contribution is 5.71. The molecule has 0 aliphatic heterocycles. The number of ether oxygens (including phenoxy) is 3. The molecule has 0 heterocycles. The van der Waals surface area contributed by atoms with Crippen molar-refractivity contribution in [3.63, 3.8) is 0 Å². The molecule has 0 aromatic carbocycles. The first kappa shape index (κ1) is 61.4. The Hall–Kier alpha value is -1.59. The van der Waals surface area contributed by atoms with Crippen molar-refractivity contribution in [2.75, 3.05) is 13.2 Å². The largest absolute Gasteiger partial charge is 0.462 e. The van der Waals surface area contributed by atoms with Gasteiger partial charge in [-0.15, -0.1) is 0 Å². The van der Waals surface area contributed by atoms with Gasteiger partial charge in [0.1, 0.15) is 13.2 Å². The van der Waals surface area contributed by atoms with Crippen LogP contribution in [-0.2, 0) is 28.6 Å². The lowest BCUT2D eigenvalue weighted by Crippen LogP contribution is -2.30. The van der Waals surface area contributed by atoms with Crippen molar-refractivity contribution in [2.45, 2.75) is 329 Å². The third-order valence-electron chi connectivity index (χ3n) is 13.0. The number of carbonyl (C=O) groups is 3. The summed E-state index contributed by atoms with van der Waals surface area (Å²) in [6, 6.07) is 0. The second kappa shape index (κ2) is 51.4. The molecule has 6 heteroatoms. The number of unbranched alkanes of at least 4 members (excludes halogenated alkanes) is 39. The van der Waals surface area contributed by atoms with Crippen molar-refractivity contribution in [3.8, 4) is 0 Å². The Morgan fingerprint density at radius 2 is 0.524 bits per heavy atom. The van der Waals surface area contributed by atoms with Crippen LogP contribution in [0.25, 0.3) is 0 Å².